The number of carbonyl (C=O) groups excluding carboxylic acids is 2. The largest absolute Gasteiger partial charge is 0.427 e. The summed E-state index contributed by atoms with van der Waals surface area (Å²) in [5, 5.41) is 2.82. The molecule has 31 heavy (non-hydrogen) atoms. The highest BCUT2D eigenvalue weighted by Crippen LogP contribution is 2.22. The van der Waals surface area contributed by atoms with Crippen LogP contribution in [0, 0.1) is 0 Å². The molecular weight excluding hydrogens is 392 g/mol. The highest BCUT2D eigenvalue weighted by atomic mass is 16.5. The lowest BCUT2D eigenvalue weighted by Gasteiger charge is -2.21. The number of unbranched alkanes of at least 4 members (excludes halogenated alkanes) is 1. The van der Waals surface area contributed by atoms with Gasteiger partial charge in [-0.15, -0.1) is 0 Å². The van der Waals surface area contributed by atoms with Crippen LogP contribution in [0.1, 0.15) is 80.4 Å². The van der Waals surface area contributed by atoms with E-state index in [1.807, 2.05) is 4.57 Å². The van der Waals surface area contributed by atoms with E-state index in [0.29, 0.717) is 24.4 Å². The van der Waals surface area contributed by atoms with Gasteiger partial charge in [0, 0.05) is 24.3 Å². The number of ether oxygens (including phenoxy) is 1. The molecule has 6 heteroatoms. The molecule has 0 radical (unpaired) electrons. The van der Waals surface area contributed by atoms with E-state index in [1.54, 1.807) is 37.3 Å². The number of aryl methyl sites for hydroxylation is 1. The second-order valence-electron chi connectivity index (χ2n) is 8.06. The van der Waals surface area contributed by atoms with Crippen molar-refractivity contribution in [1.29, 1.82) is 0 Å². The van der Waals surface area contributed by atoms with Gasteiger partial charge in [0.1, 0.15) is 11.3 Å². The number of hydrogen-bond acceptors (Lipinski definition) is 4. The fourth-order valence-electron chi connectivity index (χ4n) is 3.96. The third-order valence-corrected chi connectivity index (χ3v) is 5.71. The van der Waals surface area contributed by atoms with Gasteiger partial charge in [-0.1, -0.05) is 33.1 Å². The molecule has 0 fully saturated rings. The molecule has 0 saturated heterocycles. The molecule has 6 nitrogen and oxygen atoms in total. The summed E-state index contributed by atoms with van der Waals surface area (Å²) in [6.45, 7) is 4.48. The number of nitrogens with zero attached hydrogens (tertiary/aromatic N) is 1. The number of anilines is 1. The third kappa shape index (κ3) is 5.84. The maximum Gasteiger partial charge on any atom is 0.310 e. The zero-order valence-electron chi connectivity index (χ0n) is 18.5. The second-order valence-corrected chi connectivity index (χ2v) is 8.06. The van der Waals surface area contributed by atoms with Crippen LogP contribution in [0.4, 0.5) is 5.69 Å². The Morgan fingerprint density at radius 3 is 2.42 bits per heavy atom. The third-order valence-electron chi connectivity index (χ3n) is 5.71. The number of amides is 1. The predicted octanol–water partition coefficient (Wildman–Crippen LogP) is 4.88. The van der Waals surface area contributed by atoms with Gasteiger partial charge in [-0.3, -0.25) is 14.4 Å². The van der Waals surface area contributed by atoms with Crippen molar-refractivity contribution in [3.63, 3.8) is 0 Å². The molecule has 0 bridgehead atoms. The Morgan fingerprint density at radius 2 is 1.74 bits per heavy atom. The van der Waals surface area contributed by atoms with Crippen molar-refractivity contribution >= 4 is 17.6 Å². The monoisotopic (exact) mass is 424 g/mol. The molecule has 0 aliphatic heterocycles. The number of fused-ring (bicyclic) bond motifs is 1. The van der Waals surface area contributed by atoms with Crippen LogP contribution in [0.2, 0.25) is 0 Å². The maximum atomic E-state index is 13.2. The number of benzene rings is 1. The molecule has 1 aromatic carbocycles. The van der Waals surface area contributed by atoms with Gasteiger partial charge in [0.2, 0.25) is 0 Å². The van der Waals surface area contributed by atoms with Crippen molar-refractivity contribution < 1.29 is 14.3 Å². The number of nitrogens with one attached hydrogen (secondary N) is 1. The van der Waals surface area contributed by atoms with Gasteiger partial charge in [0.15, 0.2) is 0 Å². The Labute approximate surface area is 183 Å². The highest BCUT2D eigenvalue weighted by Gasteiger charge is 2.20. The first-order valence-corrected chi connectivity index (χ1v) is 11.4. The number of esters is 1. The van der Waals surface area contributed by atoms with Crippen LogP contribution in [0.3, 0.4) is 0 Å². The topological polar surface area (TPSA) is 77.4 Å². The summed E-state index contributed by atoms with van der Waals surface area (Å²) in [5.41, 5.74) is 2.77. The summed E-state index contributed by atoms with van der Waals surface area (Å²) in [4.78, 5) is 37.6. The molecule has 166 valence electrons. The second kappa shape index (κ2) is 10.9. The van der Waals surface area contributed by atoms with Gasteiger partial charge in [0.25, 0.3) is 11.5 Å². The van der Waals surface area contributed by atoms with E-state index in [0.717, 1.165) is 49.8 Å². The smallest absolute Gasteiger partial charge is 0.310 e. The van der Waals surface area contributed by atoms with Gasteiger partial charge in [0.05, 0.1) is 0 Å². The van der Waals surface area contributed by atoms with E-state index < -0.39 is 5.91 Å². The standard InChI is InChI=1S/C25H32N2O4/c1-3-5-16-27-22-11-9-7-6-8-10-18(22)17-21(25(27)30)24(29)26-19-12-14-20(15-13-19)31-23(28)4-2/h12-15,17H,3-11,16H2,1-2H3,(H,26,29). The molecule has 1 N–H and O–H groups in total. The molecule has 2 aromatic rings. The number of hydrogen-bond donors (Lipinski definition) is 1. The first-order chi connectivity index (χ1) is 15.0. The van der Waals surface area contributed by atoms with Crippen LogP contribution in [0.5, 0.6) is 5.75 Å². The number of carbonyl (C=O) groups is 2. The highest BCUT2D eigenvalue weighted by molar-refractivity contribution is 6.04. The van der Waals surface area contributed by atoms with Crippen LogP contribution in [0.25, 0.3) is 0 Å². The Balaban J connectivity index is 1.86. The molecule has 1 amide bonds. The quantitative estimate of drug-likeness (QED) is 0.508. The minimum absolute atomic E-state index is 0.192. The van der Waals surface area contributed by atoms with Gasteiger partial charge in [-0.25, -0.2) is 0 Å². The van der Waals surface area contributed by atoms with Crippen molar-refractivity contribution in [1.82, 2.24) is 4.57 Å². The molecule has 1 heterocycles. The molecule has 1 aliphatic carbocycles. The Kier molecular flexibility index (Phi) is 8.04. The van der Waals surface area contributed by atoms with E-state index in [1.165, 1.54) is 12.8 Å². The van der Waals surface area contributed by atoms with Crippen LogP contribution in [-0.2, 0) is 24.2 Å². The lowest BCUT2D eigenvalue weighted by atomic mass is 9.95. The first kappa shape index (κ1) is 22.8. The van der Waals surface area contributed by atoms with E-state index in [4.69, 9.17) is 4.74 Å². The predicted molar refractivity (Wildman–Crippen MR) is 122 cm³/mol. The minimum Gasteiger partial charge on any atom is -0.427 e. The number of rotatable bonds is 7. The summed E-state index contributed by atoms with van der Waals surface area (Å²) >= 11 is 0. The van der Waals surface area contributed by atoms with Crippen LogP contribution >= 0.6 is 0 Å². The summed E-state index contributed by atoms with van der Waals surface area (Å²) in [5.74, 6) is -0.295. The average molecular weight is 425 g/mol. The van der Waals surface area contributed by atoms with E-state index in [9.17, 15) is 14.4 Å². The van der Waals surface area contributed by atoms with Crippen molar-refractivity contribution in [2.45, 2.75) is 78.2 Å². The summed E-state index contributed by atoms with van der Waals surface area (Å²) < 4.78 is 7.00. The molecule has 0 atom stereocenters. The molecule has 1 aliphatic rings. The molecule has 0 spiro atoms. The molecule has 3 rings (SSSR count). The van der Waals surface area contributed by atoms with E-state index >= 15 is 0 Å². The van der Waals surface area contributed by atoms with E-state index in [-0.39, 0.29) is 17.1 Å². The van der Waals surface area contributed by atoms with Crippen molar-refractivity contribution in [3.05, 3.63) is 57.5 Å². The Hall–Kier alpha value is -2.89. The van der Waals surface area contributed by atoms with Crippen molar-refractivity contribution in [3.8, 4) is 5.75 Å². The number of pyridine rings is 1. The fourth-order valence-corrected chi connectivity index (χ4v) is 3.96. The fraction of sp³-hybridized carbons (Fsp3) is 0.480. The summed E-state index contributed by atoms with van der Waals surface area (Å²) in [7, 11) is 0. The Morgan fingerprint density at radius 1 is 1.03 bits per heavy atom. The minimum atomic E-state index is -0.404. The van der Waals surface area contributed by atoms with Gasteiger partial charge in [-0.05, 0) is 68.0 Å². The van der Waals surface area contributed by atoms with E-state index in [2.05, 4.69) is 12.2 Å². The Bertz CT molecular complexity index is 976. The van der Waals surface area contributed by atoms with Crippen molar-refractivity contribution in [2.24, 2.45) is 0 Å². The van der Waals surface area contributed by atoms with Gasteiger partial charge < -0.3 is 14.6 Å². The molecule has 0 saturated carbocycles. The summed E-state index contributed by atoms with van der Waals surface area (Å²) in [6.07, 6.45) is 8.53. The molecule has 0 unspecified atom stereocenters. The van der Waals surface area contributed by atoms with Crippen LogP contribution in [0.15, 0.2) is 35.1 Å². The molecule has 1 aromatic heterocycles. The zero-order valence-corrected chi connectivity index (χ0v) is 18.5. The average Bonchev–Trinajstić information content (AvgIpc) is 2.75. The van der Waals surface area contributed by atoms with Crippen molar-refractivity contribution in [2.75, 3.05) is 5.32 Å². The first-order valence-electron chi connectivity index (χ1n) is 11.4. The SMILES string of the molecule is CCCCn1c2c(cc(C(=O)Nc3ccc(OC(=O)CC)cc3)c1=O)CCCCCC2. The zero-order chi connectivity index (χ0) is 22.2. The van der Waals surface area contributed by atoms with Crippen LogP contribution in [-0.4, -0.2) is 16.4 Å². The van der Waals surface area contributed by atoms with Gasteiger partial charge in [-0.2, -0.15) is 0 Å². The maximum absolute atomic E-state index is 13.2. The lowest BCUT2D eigenvalue weighted by molar-refractivity contribution is -0.134. The summed E-state index contributed by atoms with van der Waals surface area (Å²) in [6, 6.07) is 8.39. The van der Waals surface area contributed by atoms with Gasteiger partial charge >= 0.3 is 5.97 Å². The normalized spacial score (nSPS) is 13.6. The lowest BCUT2D eigenvalue weighted by Crippen LogP contribution is -2.33. The molecular formula is C25H32N2O4. The van der Waals surface area contributed by atoms with Crippen LogP contribution < -0.4 is 15.6 Å². The number of aromatic nitrogens is 1.